The summed E-state index contributed by atoms with van der Waals surface area (Å²) in [6, 6.07) is 4.92. The Labute approximate surface area is 128 Å². The minimum atomic E-state index is -0.584. The highest BCUT2D eigenvalue weighted by Gasteiger charge is 2.38. The Kier molecular flexibility index (Phi) is 4.50. The maximum absolute atomic E-state index is 12.5. The van der Waals surface area contributed by atoms with Gasteiger partial charge in [-0.1, -0.05) is 36.7 Å². The molecule has 0 unspecified atom stereocenters. The van der Waals surface area contributed by atoms with Gasteiger partial charge in [0.25, 0.3) is 5.91 Å². The molecule has 4 nitrogen and oxygen atoms in total. The van der Waals surface area contributed by atoms with Crippen molar-refractivity contribution >= 4 is 34.7 Å². The summed E-state index contributed by atoms with van der Waals surface area (Å²) in [6.45, 7) is 0. The molecule has 0 saturated heterocycles. The number of nitrogens with one attached hydrogen (secondary N) is 1. The van der Waals surface area contributed by atoms with Gasteiger partial charge < -0.3 is 15.8 Å². The largest absolute Gasteiger partial charge is 0.496 e. The number of rotatable bonds is 4. The van der Waals surface area contributed by atoms with Gasteiger partial charge in [-0.3, -0.25) is 4.79 Å². The third-order valence-electron chi connectivity index (χ3n) is 3.69. The molecule has 1 aliphatic carbocycles. The van der Waals surface area contributed by atoms with Crippen LogP contribution in [0.2, 0.25) is 5.02 Å². The molecule has 2 rings (SSSR count). The summed E-state index contributed by atoms with van der Waals surface area (Å²) in [4.78, 5) is 12.8. The van der Waals surface area contributed by atoms with Crippen LogP contribution in [0.15, 0.2) is 18.2 Å². The van der Waals surface area contributed by atoms with E-state index in [1.165, 1.54) is 7.11 Å². The lowest BCUT2D eigenvalue weighted by atomic mass is 9.97. The Morgan fingerprint density at radius 2 is 2.10 bits per heavy atom. The molecule has 1 fully saturated rings. The molecule has 0 aliphatic heterocycles. The van der Waals surface area contributed by atoms with Gasteiger partial charge in [0.2, 0.25) is 0 Å². The Hall–Kier alpha value is -1.33. The molecule has 3 N–H and O–H groups in total. The maximum Gasteiger partial charge on any atom is 0.255 e. The van der Waals surface area contributed by atoms with Crippen LogP contribution in [-0.2, 0) is 0 Å². The van der Waals surface area contributed by atoms with E-state index in [4.69, 9.17) is 34.3 Å². The van der Waals surface area contributed by atoms with E-state index in [1.807, 2.05) is 0 Å². The van der Waals surface area contributed by atoms with E-state index in [0.717, 1.165) is 25.7 Å². The van der Waals surface area contributed by atoms with Crippen LogP contribution in [-0.4, -0.2) is 23.5 Å². The van der Waals surface area contributed by atoms with Gasteiger partial charge in [0.05, 0.1) is 23.2 Å². The fourth-order valence-corrected chi connectivity index (χ4v) is 2.98. The number of halogens is 1. The quantitative estimate of drug-likeness (QED) is 0.839. The van der Waals surface area contributed by atoms with Gasteiger partial charge in [0.1, 0.15) is 5.75 Å². The number of hydrogen-bond acceptors (Lipinski definition) is 3. The summed E-state index contributed by atoms with van der Waals surface area (Å²) in [6.07, 6.45) is 3.56. The second kappa shape index (κ2) is 5.97. The van der Waals surface area contributed by atoms with Crippen molar-refractivity contribution in [1.29, 1.82) is 0 Å². The monoisotopic (exact) mass is 312 g/mol. The first-order chi connectivity index (χ1) is 9.48. The SMILES string of the molecule is COc1ccc(Cl)cc1C(=O)NC1(C(N)=S)CCCC1. The number of thiocarbonyl (C=S) groups is 1. The Morgan fingerprint density at radius 1 is 1.45 bits per heavy atom. The predicted octanol–water partition coefficient (Wildman–Crippen LogP) is 2.68. The number of ether oxygens (including phenoxy) is 1. The fourth-order valence-electron chi connectivity index (χ4n) is 2.55. The third kappa shape index (κ3) is 2.88. The van der Waals surface area contributed by atoms with E-state index in [-0.39, 0.29) is 5.91 Å². The Balaban J connectivity index is 2.28. The van der Waals surface area contributed by atoms with E-state index < -0.39 is 5.54 Å². The molecule has 0 atom stereocenters. The standard InChI is InChI=1S/C14H17ClN2O2S/c1-19-11-5-4-9(15)8-10(11)12(18)17-14(13(16)20)6-2-3-7-14/h4-5,8H,2-3,6-7H2,1H3,(H2,16,20)(H,17,18). The van der Waals surface area contributed by atoms with Crippen LogP contribution >= 0.6 is 23.8 Å². The number of carbonyl (C=O) groups excluding carboxylic acids is 1. The highest BCUT2D eigenvalue weighted by atomic mass is 35.5. The average molecular weight is 313 g/mol. The van der Waals surface area contributed by atoms with E-state index >= 15 is 0 Å². The summed E-state index contributed by atoms with van der Waals surface area (Å²) >= 11 is 11.1. The molecular weight excluding hydrogens is 296 g/mol. The summed E-state index contributed by atoms with van der Waals surface area (Å²) in [7, 11) is 1.51. The molecule has 1 aromatic carbocycles. The van der Waals surface area contributed by atoms with E-state index in [2.05, 4.69) is 5.32 Å². The van der Waals surface area contributed by atoms with Crippen molar-refractivity contribution in [2.75, 3.05) is 7.11 Å². The van der Waals surface area contributed by atoms with Crippen molar-refractivity contribution in [3.8, 4) is 5.75 Å². The summed E-state index contributed by atoms with van der Waals surface area (Å²) in [5, 5.41) is 3.44. The molecule has 1 amide bonds. The first-order valence-corrected chi connectivity index (χ1v) is 7.23. The minimum absolute atomic E-state index is 0.265. The molecule has 6 heteroatoms. The molecule has 1 saturated carbocycles. The zero-order chi connectivity index (χ0) is 14.8. The second-order valence-electron chi connectivity index (χ2n) is 4.95. The van der Waals surface area contributed by atoms with Gasteiger partial charge in [0.15, 0.2) is 0 Å². The molecule has 20 heavy (non-hydrogen) atoms. The number of carbonyl (C=O) groups is 1. The number of methoxy groups -OCH3 is 1. The maximum atomic E-state index is 12.5. The Morgan fingerprint density at radius 3 is 2.65 bits per heavy atom. The van der Waals surface area contributed by atoms with Crippen LogP contribution < -0.4 is 15.8 Å². The van der Waals surface area contributed by atoms with Gasteiger partial charge in [0, 0.05) is 5.02 Å². The van der Waals surface area contributed by atoms with Crippen molar-refractivity contribution in [1.82, 2.24) is 5.32 Å². The average Bonchev–Trinajstić information content (AvgIpc) is 2.88. The van der Waals surface area contributed by atoms with Crippen LogP contribution in [0.1, 0.15) is 36.0 Å². The van der Waals surface area contributed by atoms with Crippen LogP contribution in [0.3, 0.4) is 0 Å². The highest BCUT2D eigenvalue weighted by Crippen LogP contribution is 2.31. The van der Waals surface area contributed by atoms with Crippen molar-refractivity contribution in [3.05, 3.63) is 28.8 Å². The molecule has 0 spiro atoms. The first-order valence-electron chi connectivity index (χ1n) is 6.44. The van der Waals surface area contributed by atoms with E-state index in [1.54, 1.807) is 18.2 Å². The number of hydrogen-bond donors (Lipinski definition) is 2. The predicted molar refractivity (Wildman–Crippen MR) is 83.5 cm³/mol. The lowest BCUT2D eigenvalue weighted by molar-refractivity contribution is 0.0921. The first kappa shape index (κ1) is 15.1. The lowest BCUT2D eigenvalue weighted by Gasteiger charge is -2.29. The number of nitrogens with two attached hydrogens (primary N) is 1. The number of benzene rings is 1. The smallest absolute Gasteiger partial charge is 0.255 e. The van der Waals surface area contributed by atoms with E-state index in [9.17, 15) is 4.79 Å². The van der Waals surface area contributed by atoms with Crippen LogP contribution in [0, 0.1) is 0 Å². The summed E-state index contributed by atoms with van der Waals surface area (Å²) in [5.41, 5.74) is 5.63. The van der Waals surface area contributed by atoms with Crippen molar-refractivity contribution < 1.29 is 9.53 Å². The molecule has 0 radical (unpaired) electrons. The van der Waals surface area contributed by atoms with Gasteiger partial charge in [-0.25, -0.2) is 0 Å². The van der Waals surface area contributed by atoms with Gasteiger partial charge in [-0.15, -0.1) is 0 Å². The van der Waals surface area contributed by atoms with Crippen LogP contribution in [0.4, 0.5) is 0 Å². The fraction of sp³-hybridized carbons (Fsp3) is 0.429. The molecule has 0 aromatic heterocycles. The molecule has 1 aromatic rings. The molecule has 0 bridgehead atoms. The zero-order valence-corrected chi connectivity index (χ0v) is 12.8. The van der Waals surface area contributed by atoms with Gasteiger partial charge in [-0.05, 0) is 31.0 Å². The minimum Gasteiger partial charge on any atom is -0.496 e. The zero-order valence-electron chi connectivity index (χ0n) is 11.2. The third-order valence-corrected chi connectivity index (χ3v) is 4.31. The molecule has 108 valence electrons. The van der Waals surface area contributed by atoms with E-state index in [0.29, 0.717) is 21.3 Å². The van der Waals surface area contributed by atoms with Gasteiger partial charge in [-0.2, -0.15) is 0 Å². The Bertz CT molecular complexity index is 542. The van der Waals surface area contributed by atoms with Crippen molar-refractivity contribution in [3.63, 3.8) is 0 Å². The van der Waals surface area contributed by atoms with Crippen LogP contribution in [0.25, 0.3) is 0 Å². The second-order valence-corrected chi connectivity index (χ2v) is 5.83. The summed E-state index contributed by atoms with van der Waals surface area (Å²) < 4.78 is 5.20. The number of amides is 1. The van der Waals surface area contributed by atoms with Crippen molar-refractivity contribution in [2.24, 2.45) is 5.73 Å². The lowest BCUT2D eigenvalue weighted by Crippen LogP contribution is -2.54. The van der Waals surface area contributed by atoms with Gasteiger partial charge >= 0.3 is 0 Å². The molecule has 0 heterocycles. The van der Waals surface area contributed by atoms with Crippen LogP contribution in [0.5, 0.6) is 5.75 Å². The normalized spacial score (nSPS) is 16.7. The molecule has 1 aliphatic rings. The highest BCUT2D eigenvalue weighted by molar-refractivity contribution is 7.80. The summed E-state index contributed by atoms with van der Waals surface area (Å²) in [5.74, 6) is 0.210. The topological polar surface area (TPSA) is 64.3 Å². The van der Waals surface area contributed by atoms with Crippen molar-refractivity contribution in [2.45, 2.75) is 31.2 Å². The molecular formula is C14H17ClN2O2S.